The average molecular weight is 342 g/mol. The minimum Gasteiger partial charge on any atom is -0.321 e. The van der Waals surface area contributed by atoms with Crippen molar-refractivity contribution in [2.24, 2.45) is 10.1 Å². The fourth-order valence-electron chi connectivity index (χ4n) is 2.09. The highest BCUT2D eigenvalue weighted by molar-refractivity contribution is 7.95. The van der Waals surface area contributed by atoms with Crippen molar-refractivity contribution in [1.82, 2.24) is 0 Å². The zero-order chi connectivity index (χ0) is 18.1. The van der Waals surface area contributed by atoms with Crippen molar-refractivity contribution in [2.75, 3.05) is 12.8 Å². The molecule has 0 fully saturated rings. The summed E-state index contributed by atoms with van der Waals surface area (Å²) in [7, 11) is -1.80. The Balaban J connectivity index is 3.44. The molecule has 1 rings (SSSR count). The third-order valence-electron chi connectivity index (χ3n) is 3.63. The molecule has 0 aliphatic carbocycles. The predicted molar refractivity (Wildman–Crippen MR) is 85.6 cm³/mol. The van der Waals surface area contributed by atoms with E-state index in [2.05, 4.69) is 4.36 Å². The van der Waals surface area contributed by atoms with E-state index in [9.17, 15) is 24.0 Å². The summed E-state index contributed by atoms with van der Waals surface area (Å²) in [5.74, 6) is -1.05. The number of benzene rings is 1. The van der Waals surface area contributed by atoms with Gasteiger partial charge in [-0.25, -0.2) is 13.0 Å². The molecule has 9 heteroatoms. The van der Waals surface area contributed by atoms with Gasteiger partial charge >= 0.3 is 0 Å². The predicted octanol–water partition coefficient (Wildman–Crippen LogP) is 2.31. The molecule has 0 heterocycles. The Morgan fingerprint density at radius 2 is 2.04 bits per heavy atom. The SMILES string of the molecule is CN=S(=O)(C[C@](C)(N)c1cc([N+](=O)[O-])ccc1F)C(C)(C)C#N. The van der Waals surface area contributed by atoms with Gasteiger partial charge in [0.1, 0.15) is 10.6 Å². The summed E-state index contributed by atoms with van der Waals surface area (Å²) in [6, 6.07) is 4.91. The molecule has 0 aliphatic heterocycles. The van der Waals surface area contributed by atoms with Crippen molar-refractivity contribution in [3.63, 3.8) is 0 Å². The molecule has 0 aromatic heterocycles. The van der Waals surface area contributed by atoms with Gasteiger partial charge in [-0.1, -0.05) is 0 Å². The van der Waals surface area contributed by atoms with E-state index < -0.39 is 30.8 Å². The molecule has 2 N–H and O–H groups in total. The second-order valence-corrected chi connectivity index (χ2v) is 8.88. The van der Waals surface area contributed by atoms with E-state index in [0.717, 1.165) is 18.2 Å². The molecule has 2 atom stereocenters. The molecule has 126 valence electrons. The van der Waals surface area contributed by atoms with Crippen molar-refractivity contribution in [1.29, 1.82) is 5.26 Å². The number of hydrogen-bond acceptors (Lipinski definition) is 6. The highest BCUT2D eigenvalue weighted by atomic mass is 32.2. The average Bonchev–Trinajstić information content (AvgIpc) is 2.46. The van der Waals surface area contributed by atoms with Crippen LogP contribution in [0.15, 0.2) is 22.6 Å². The van der Waals surface area contributed by atoms with Gasteiger partial charge < -0.3 is 5.73 Å². The lowest BCUT2D eigenvalue weighted by Crippen LogP contribution is -2.46. The van der Waals surface area contributed by atoms with Gasteiger partial charge in [-0.2, -0.15) is 5.26 Å². The van der Waals surface area contributed by atoms with Gasteiger partial charge in [-0.05, 0) is 26.8 Å². The first-order valence-electron chi connectivity index (χ1n) is 6.67. The van der Waals surface area contributed by atoms with Crippen LogP contribution in [0.2, 0.25) is 0 Å². The van der Waals surface area contributed by atoms with Gasteiger partial charge in [0.15, 0.2) is 0 Å². The van der Waals surface area contributed by atoms with Gasteiger partial charge in [0.2, 0.25) is 0 Å². The van der Waals surface area contributed by atoms with Crippen LogP contribution in [0.1, 0.15) is 26.3 Å². The molecule has 0 saturated heterocycles. The molecule has 0 radical (unpaired) electrons. The number of nitriles is 1. The highest BCUT2D eigenvalue weighted by Gasteiger charge is 2.39. The molecule has 0 bridgehead atoms. The Bertz CT molecular complexity index is 790. The largest absolute Gasteiger partial charge is 0.321 e. The molecule has 0 aliphatic rings. The van der Waals surface area contributed by atoms with E-state index in [-0.39, 0.29) is 17.0 Å². The number of rotatable bonds is 5. The second kappa shape index (κ2) is 6.22. The zero-order valence-corrected chi connectivity index (χ0v) is 14.2. The Morgan fingerprint density at radius 3 is 2.48 bits per heavy atom. The monoisotopic (exact) mass is 342 g/mol. The van der Waals surface area contributed by atoms with Gasteiger partial charge in [-0.15, -0.1) is 0 Å². The summed E-state index contributed by atoms with van der Waals surface area (Å²) in [5, 5.41) is 20.1. The van der Waals surface area contributed by atoms with E-state index in [1.54, 1.807) is 0 Å². The lowest BCUT2D eigenvalue weighted by atomic mass is 9.94. The van der Waals surface area contributed by atoms with Crippen molar-refractivity contribution >= 4 is 15.4 Å². The maximum Gasteiger partial charge on any atom is 0.269 e. The molecule has 0 amide bonds. The molecule has 1 aromatic carbocycles. The molecular weight excluding hydrogens is 323 g/mol. The fraction of sp³-hybridized carbons (Fsp3) is 0.500. The van der Waals surface area contributed by atoms with Gasteiger partial charge in [0.05, 0.1) is 32.0 Å². The molecule has 23 heavy (non-hydrogen) atoms. The summed E-state index contributed by atoms with van der Waals surface area (Å²) < 4.78 is 29.6. The smallest absolute Gasteiger partial charge is 0.269 e. The third-order valence-corrected chi connectivity index (χ3v) is 6.90. The summed E-state index contributed by atoms with van der Waals surface area (Å²) in [5.41, 5.74) is 4.15. The third kappa shape index (κ3) is 3.65. The number of nitrogens with zero attached hydrogens (tertiary/aromatic N) is 3. The Labute approximate surface area is 134 Å². The first-order valence-corrected chi connectivity index (χ1v) is 8.35. The molecular formula is C14H19FN4O3S. The van der Waals surface area contributed by atoms with Crippen LogP contribution in [-0.2, 0) is 15.3 Å². The fourth-order valence-corrected chi connectivity index (χ4v) is 4.15. The van der Waals surface area contributed by atoms with Crippen molar-refractivity contribution in [3.8, 4) is 6.07 Å². The Hall–Kier alpha value is -2.05. The summed E-state index contributed by atoms with van der Waals surface area (Å²) in [4.78, 5) is 10.2. The van der Waals surface area contributed by atoms with E-state index in [1.807, 2.05) is 6.07 Å². The van der Waals surface area contributed by atoms with Crippen LogP contribution in [0, 0.1) is 27.3 Å². The van der Waals surface area contributed by atoms with Gasteiger partial charge in [0.25, 0.3) is 5.69 Å². The highest BCUT2D eigenvalue weighted by Crippen LogP contribution is 2.30. The minimum absolute atomic E-state index is 0.142. The van der Waals surface area contributed by atoms with Gasteiger partial charge in [0, 0.05) is 24.7 Å². The lowest BCUT2D eigenvalue weighted by molar-refractivity contribution is -0.385. The molecule has 7 nitrogen and oxygen atoms in total. The van der Waals surface area contributed by atoms with E-state index >= 15 is 0 Å². The molecule has 0 saturated carbocycles. The van der Waals surface area contributed by atoms with Crippen molar-refractivity contribution in [2.45, 2.75) is 31.1 Å². The molecule has 0 spiro atoms. The quantitative estimate of drug-likeness (QED) is 0.650. The number of halogens is 1. The normalized spacial score (nSPS) is 16.7. The zero-order valence-electron chi connectivity index (χ0n) is 13.4. The maximum atomic E-state index is 14.1. The summed E-state index contributed by atoms with van der Waals surface area (Å²) in [6.45, 7) is 4.33. The van der Waals surface area contributed by atoms with E-state index in [1.165, 1.54) is 27.8 Å². The van der Waals surface area contributed by atoms with Crippen LogP contribution in [0.4, 0.5) is 10.1 Å². The number of nitrogens with two attached hydrogens (primary N) is 1. The van der Waals surface area contributed by atoms with Crippen molar-refractivity contribution < 1.29 is 13.5 Å². The maximum absolute atomic E-state index is 14.1. The number of non-ortho nitro benzene ring substituents is 1. The molecule has 1 aromatic rings. The molecule has 1 unspecified atom stereocenters. The van der Waals surface area contributed by atoms with Crippen LogP contribution >= 0.6 is 0 Å². The minimum atomic E-state index is -3.11. The summed E-state index contributed by atoms with van der Waals surface area (Å²) >= 11 is 0. The second-order valence-electron chi connectivity index (χ2n) is 5.93. The topological polar surface area (TPSA) is 122 Å². The Kier molecular flexibility index (Phi) is 5.13. The van der Waals surface area contributed by atoms with Crippen molar-refractivity contribution in [3.05, 3.63) is 39.7 Å². The van der Waals surface area contributed by atoms with Crippen LogP contribution in [0.5, 0.6) is 0 Å². The first-order chi connectivity index (χ1) is 10.4. The van der Waals surface area contributed by atoms with Crippen LogP contribution in [-0.4, -0.2) is 26.7 Å². The number of nitro benzene ring substituents is 1. The first kappa shape index (κ1) is 19.0. The van der Waals surface area contributed by atoms with Gasteiger partial charge in [-0.3, -0.25) is 10.1 Å². The van der Waals surface area contributed by atoms with E-state index in [4.69, 9.17) is 5.73 Å². The van der Waals surface area contributed by atoms with Crippen LogP contribution < -0.4 is 5.73 Å². The number of nitro groups is 1. The standard InChI is InChI=1S/C14H19FN4O3S/c1-13(2,8-16)23(22,18-4)9-14(3,17)11-7-10(19(20)21)5-6-12(11)15/h5-7H,9,17H2,1-4H3/t14-,23?/m0/s1. The van der Waals surface area contributed by atoms with Crippen LogP contribution in [0.3, 0.4) is 0 Å². The lowest BCUT2D eigenvalue weighted by Gasteiger charge is -2.31. The Morgan fingerprint density at radius 1 is 1.48 bits per heavy atom. The summed E-state index contributed by atoms with van der Waals surface area (Å²) in [6.07, 6.45) is 0. The van der Waals surface area contributed by atoms with Crippen LogP contribution in [0.25, 0.3) is 0 Å². The number of hydrogen-bond donors (Lipinski definition) is 1. The van der Waals surface area contributed by atoms with E-state index in [0.29, 0.717) is 0 Å².